The molecule has 6 heteroatoms. The molecule has 0 spiro atoms. The summed E-state index contributed by atoms with van der Waals surface area (Å²) < 4.78 is 34.1. The van der Waals surface area contributed by atoms with Crippen molar-refractivity contribution in [3.05, 3.63) is 41.9 Å². The number of hydrogen-bond donors (Lipinski definition) is 1. The average Bonchev–Trinajstić information content (AvgIpc) is 2.47. The molecule has 2 rings (SSSR count). The maximum atomic E-state index is 14.4. The largest absolute Gasteiger partial charge is 0.488 e. The SMILES string of the molecule is Cc1nccc(-c2ccc(OC[C@@](C)(N)CC(C)C)c(F)c2F)n1. The van der Waals surface area contributed by atoms with E-state index in [1.807, 2.05) is 20.8 Å². The third-order valence-electron chi connectivity index (χ3n) is 3.53. The summed E-state index contributed by atoms with van der Waals surface area (Å²) in [6.07, 6.45) is 2.22. The molecule has 0 amide bonds. The normalized spacial score (nSPS) is 13.8. The van der Waals surface area contributed by atoms with E-state index < -0.39 is 17.2 Å². The summed E-state index contributed by atoms with van der Waals surface area (Å²) in [4.78, 5) is 8.06. The Labute approximate surface area is 141 Å². The van der Waals surface area contributed by atoms with Crippen molar-refractivity contribution >= 4 is 0 Å². The minimum atomic E-state index is -1.04. The number of hydrogen-bond acceptors (Lipinski definition) is 4. The quantitative estimate of drug-likeness (QED) is 0.870. The number of aryl methyl sites for hydroxylation is 1. The third kappa shape index (κ3) is 4.47. The Bertz CT molecular complexity index is 717. The molecule has 2 N–H and O–H groups in total. The van der Waals surface area contributed by atoms with E-state index in [0.717, 1.165) is 6.42 Å². The molecule has 0 saturated carbocycles. The number of halogens is 2. The number of ether oxygens (including phenoxy) is 1. The third-order valence-corrected chi connectivity index (χ3v) is 3.53. The molecule has 0 fully saturated rings. The van der Waals surface area contributed by atoms with E-state index in [9.17, 15) is 8.78 Å². The molecule has 2 aromatic rings. The van der Waals surface area contributed by atoms with Gasteiger partial charge in [-0.3, -0.25) is 0 Å². The minimum absolute atomic E-state index is 0.0723. The van der Waals surface area contributed by atoms with Crippen molar-refractivity contribution in [2.45, 2.75) is 39.7 Å². The summed E-state index contributed by atoms with van der Waals surface area (Å²) in [5.74, 6) is -1.31. The smallest absolute Gasteiger partial charge is 0.201 e. The molecule has 0 unspecified atom stereocenters. The van der Waals surface area contributed by atoms with Gasteiger partial charge in [0.1, 0.15) is 12.4 Å². The summed E-state index contributed by atoms with van der Waals surface area (Å²) in [5.41, 5.74) is 5.92. The molecule has 0 saturated heterocycles. The summed E-state index contributed by atoms with van der Waals surface area (Å²) in [6.45, 7) is 7.71. The zero-order valence-corrected chi connectivity index (χ0v) is 14.4. The van der Waals surface area contributed by atoms with Gasteiger partial charge >= 0.3 is 0 Å². The van der Waals surface area contributed by atoms with E-state index in [1.54, 1.807) is 6.92 Å². The van der Waals surface area contributed by atoms with Crippen LogP contribution in [0.3, 0.4) is 0 Å². The Morgan fingerprint density at radius 1 is 1.21 bits per heavy atom. The summed E-state index contributed by atoms with van der Waals surface area (Å²) in [6, 6.07) is 4.38. The van der Waals surface area contributed by atoms with Crippen LogP contribution in [0.1, 0.15) is 33.0 Å². The average molecular weight is 335 g/mol. The van der Waals surface area contributed by atoms with Crippen molar-refractivity contribution in [1.29, 1.82) is 0 Å². The molecule has 4 nitrogen and oxygen atoms in total. The van der Waals surface area contributed by atoms with Crippen LogP contribution in [0.2, 0.25) is 0 Å². The molecular formula is C18H23F2N3O. The van der Waals surface area contributed by atoms with Gasteiger partial charge in [0, 0.05) is 17.3 Å². The molecule has 0 aliphatic carbocycles. The maximum Gasteiger partial charge on any atom is 0.201 e. The predicted octanol–water partition coefficient (Wildman–Crippen LogP) is 3.87. The van der Waals surface area contributed by atoms with Crippen LogP contribution in [0.25, 0.3) is 11.3 Å². The fourth-order valence-electron chi connectivity index (χ4n) is 2.68. The molecule has 24 heavy (non-hydrogen) atoms. The molecule has 130 valence electrons. The lowest BCUT2D eigenvalue weighted by Crippen LogP contribution is -2.43. The van der Waals surface area contributed by atoms with E-state index >= 15 is 0 Å². The molecule has 0 bridgehead atoms. The molecule has 1 aromatic carbocycles. The first-order chi connectivity index (χ1) is 11.2. The minimum Gasteiger partial charge on any atom is -0.488 e. The Kier molecular flexibility index (Phi) is 5.49. The molecule has 0 aliphatic heterocycles. The van der Waals surface area contributed by atoms with Crippen molar-refractivity contribution < 1.29 is 13.5 Å². The van der Waals surface area contributed by atoms with Crippen LogP contribution in [0, 0.1) is 24.5 Å². The van der Waals surface area contributed by atoms with Gasteiger partial charge in [-0.05, 0) is 44.4 Å². The van der Waals surface area contributed by atoms with E-state index in [0.29, 0.717) is 17.4 Å². The number of rotatable bonds is 6. The summed E-state index contributed by atoms with van der Waals surface area (Å²) in [5, 5.41) is 0. The van der Waals surface area contributed by atoms with E-state index in [1.165, 1.54) is 24.4 Å². The van der Waals surface area contributed by atoms with E-state index in [2.05, 4.69) is 9.97 Å². The number of benzene rings is 1. The topological polar surface area (TPSA) is 61.0 Å². The molecule has 1 atom stereocenters. The lowest BCUT2D eigenvalue weighted by atomic mass is 9.93. The number of nitrogens with zero attached hydrogens (tertiary/aromatic N) is 2. The first kappa shape index (κ1) is 18.3. The second-order valence-corrected chi connectivity index (χ2v) is 6.77. The fraction of sp³-hybridized carbons (Fsp3) is 0.444. The second kappa shape index (κ2) is 7.21. The van der Waals surface area contributed by atoms with Crippen LogP contribution >= 0.6 is 0 Å². The number of aromatic nitrogens is 2. The monoisotopic (exact) mass is 335 g/mol. The highest BCUT2D eigenvalue weighted by Crippen LogP contribution is 2.29. The summed E-state index contributed by atoms with van der Waals surface area (Å²) in [7, 11) is 0. The Morgan fingerprint density at radius 2 is 1.92 bits per heavy atom. The standard InChI is InChI=1S/C18H23F2N3O/c1-11(2)9-18(4,21)10-24-15-6-5-13(16(19)17(15)20)14-7-8-22-12(3)23-14/h5-8,11H,9-10,21H2,1-4H3/t18-/m0/s1. The fourth-order valence-corrected chi connectivity index (χ4v) is 2.68. The van der Waals surface area contributed by atoms with Gasteiger partial charge < -0.3 is 10.5 Å². The molecule has 0 radical (unpaired) electrons. The summed E-state index contributed by atoms with van der Waals surface area (Å²) >= 11 is 0. The van der Waals surface area contributed by atoms with Crippen LogP contribution in [0.15, 0.2) is 24.4 Å². The van der Waals surface area contributed by atoms with Crippen molar-refractivity contribution in [2.75, 3.05) is 6.61 Å². The van der Waals surface area contributed by atoms with Crippen LogP contribution in [-0.4, -0.2) is 22.1 Å². The van der Waals surface area contributed by atoms with Gasteiger partial charge in [-0.25, -0.2) is 14.4 Å². The first-order valence-electron chi connectivity index (χ1n) is 7.89. The predicted molar refractivity (Wildman–Crippen MR) is 89.7 cm³/mol. The van der Waals surface area contributed by atoms with Crippen LogP contribution in [-0.2, 0) is 0 Å². The van der Waals surface area contributed by atoms with E-state index in [4.69, 9.17) is 10.5 Å². The lowest BCUT2D eigenvalue weighted by molar-refractivity contribution is 0.198. The maximum absolute atomic E-state index is 14.4. The Morgan fingerprint density at radius 3 is 2.54 bits per heavy atom. The van der Waals surface area contributed by atoms with Crippen molar-refractivity contribution in [1.82, 2.24) is 9.97 Å². The lowest BCUT2D eigenvalue weighted by Gasteiger charge is -2.26. The van der Waals surface area contributed by atoms with Crippen molar-refractivity contribution in [2.24, 2.45) is 11.7 Å². The number of nitrogens with two attached hydrogens (primary N) is 1. The highest BCUT2D eigenvalue weighted by molar-refractivity contribution is 5.61. The molecule has 0 aliphatic rings. The van der Waals surface area contributed by atoms with Crippen molar-refractivity contribution in [3.63, 3.8) is 0 Å². The van der Waals surface area contributed by atoms with Gasteiger partial charge in [0.25, 0.3) is 0 Å². The molecule has 1 aromatic heterocycles. The van der Waals surface area contributed by atoms with Gasteiger partial charge in [0.2, 0.25) is 5.82 Å². The Balaban J connectivity index is 2.21. The van der Waals surface area contributed by atoms with Gasteiger partial charge in [-0.2, -0.15) is 4.39 Å². The highest BCUT2D eigenvalue weighted by atomic mass is 19.2. The highest BCUT2D eigenvalue weighted by Gasteiger charge is 2.23. The zero-order chi connectivity index (χ0) is 17.9. The van der Waals surface area contributed by atoms with Crippen LogP contribution < -0.4 is 10.5 Å². The molecular weight excluding hydrogens is 312 g/mol. The van der Waals surface area contributed by atoms with Gasteiger partial charge in [-0.15, -0.1) is 0 Å². The van der Waals surface area contributed by atoms with Gasteiger partial charge in [-0.1, -0.05) is 13.8 Å². The Hall–Kier alpha value is -2.08. The van der Waals surface area contributed by atoms with Gasteiger partial charge in [0.15, 0.2) is 11.6 Å². The van der Waals surface area contributed by atoms with E-state index in [-0.39, 0.29) is 17.9 Å². The molecule has 1 heterocycles. The zero-order valence-electron chi connectivity index (χ0n) is 14.4. The van der Waals surface area contributed by atoms with Crippen LogP contribution in [0.5, 0.6) is 5.75 Å². The first-order valence-corrected chi connectivity index (χ1v) is 7.89. The second-order valence-electron chi connectivity index (χ2n) is 6.77. The van der Waals surface area contributed by atoms with Crippen molar-refractivity contribution in [3.8, 4) is 17.0 Å². The van der Waals surface area contributed by atoms with Crippen LogP contribution in [0.4, 0.5) is 8.78 Å². The van der Waals surface area contributed by atoms with Gasteiger partial charge in [0.05, 0.1) is 5.69 Å².